The molecule has 0 rings (SSSR count). The number of hydrogen-bond donors (Lipinski definition) is 3. The highest BCUT2D eigenvalue weighted by atomic mass is 16.5. The van der Waals surface area contributed by atoms with Crippen molar-refractivity contribution in [1.29, 1.82) is 0 Å². The van der Waals surface area contributed by atoms with E-state index >= 15 is 0 Å². The predicted octanol–water partition coefficient (Wildman–Crippen LogP) is 13.6. The van der Waals surface area contributed by atoms with E-state index in [4.69, 9.17) is 4.74 Å². The maximum atomic E-state index is 13.1. The van der Waals surface area contributed by atoms with E-state index in [9.17, 15) is 19.8 Å². The van der Waals surface area contributed by atoms with Crippen molar-refractivity contribution in [2.75, 3.05) is 6.61 Å². The van der Waals surface area contributed by atoms with Crippen LogP contribution in [0.25, 0.3) is 0 Å². The van der Waals surface area contributed by atoms with Gasteiger partial charge in [-0.15, -0.1) is 0 Å². The van der Waals surface area contributed by atoms with Crippen molar-refractivity contribution in [2.24, 2.45) is 0 Å². The molecule has 3 N–H and O–H groups in total. The van der Waals surface area contributed by atoms with Gasteiger partial charge in [-0.05, 0) is 25.7 Å². The van der Waals surface area contributed by atoms with Crippen molar-refractivity contribution < 1.29 is 24.5 Å². The number of unbranched alkanes of at least 4 members (excludes halogenated alkanes) is 31. The van der Waals surface area contributed by atoms with Gasteiger partial charge in [0, 0.05) is 6.42 Å². The summed E-state index contributed by atoms with van der Waals surface area (Å²) in [5.41, 5.74) is 0. The summed E-state index contributed by atoms with van der Waals surface area (Å²) < 4.78 is 5.90. The topological polar surface area (TPSA) is 95.9 Å². The number of esters is 1. The van der Waals surface area contributed by atoms with Crippen LogP contribution in [0.15, 0.2) is 0 Å². The number of aliphatic hydroxyl groups excluding tert-OH is 2. The summed E-state index contributed by atoms with van der Waals surface area (Å²) in [6, 6.07) is -0.690. The summed E-state index contributed by atoms with van der Waals surface area (Å²) in [7, 11) is 0. The largest absolute Gasteiger partial charge is 0.462 e. The normalized spacial score (nSPS) is 13.2. The lowest BCUT2D eigenvalue weighted by molar-refractivity contribution is -0.151. The van der Waals surface area contributed by atoms with E-state index in [0.29, 0.717) is 19.3 Å². The molecule has 0 aliphatic carbocycles. The van der Waals surface area contributed by atoms with Crippen molar-refractivity contribution in [3.63, 3.8) is 0 Å². The van der Waals surface area contributed by atoms with Gasteiger partial charge in [0.05, 0.1) is 25.2 Å². The number of hydrogen-bond acceptors (Lipinski definition) is 5. The average molecular weight is 752 g/mol. The maximum absolute atomic E-state index is 13.1. The molecule has 0 aromatic heterocycles. The first-order valence-corrected chi connectivity index (χ1v) is 23.8. The van der Waals surface area contributed by atoms with Gasteiger partial charge in [0.15, 0.2) is 0 Å². The molecule has 1 amide bonds. The molecule has 0 spiro atoms. The molecule has 0 saturated carbocycles. The van der Waals surface area contributed by atoms with Gasteiger partial charge < -0.3 is 20.3 Å². The minimum absolute atomic E-state index is 0.0869. The fourth-order valence-corrected chi connectivity index (χ4v) is 7.55. The van der Waals surface area contributed by atoms with Crippen LogP contribution >= 0.6 is 0 Å². The lowest BCUT2D eigenvalue weighted by atomic mass is 10.0. The summed E-state index contributed by atoms with van der Waals surface area (Å²) in [4.78, 5) is 26.0. The number of amides is 1. The van der Waals surface area contributed by atoms with Crippen LogP contribution in [0.3, 0.4) is 0 Å². The zero-order valence-electron chi connectivity index (χ0n) is 35.9. The Morgan fingerprint density at radius 3 is 1.15 bits per heavy atom. The number of rotatable bonds is 43. The van der Waals surface area contributed by atoms with Gasteiger partial charge >= 0.3 is 5.97 Å². The third-order valence-electron chi connectivity index (χ3n) is 11.2. The van der Waals surface area contributed by atoms with Gasteiger partial charge in [0.2, 0.25) is 5.91 Å². The second-order valence-electron chi connectivity index (χ2n) is 16.5. The van der Waals surface area contributed by atoms with Crippen molar-refractivity contribution in [3.05, 3.63) is 0 Å². The number of aliphatic hydroxyl groups is 2. The highest BCUT2D eigenvalue weighted by molar-refractivity contribution is 5.77. The molecular weight excluding hydrogens is 659 g/mol. The highest BCUT2D eigenvalue weighted by Crippen LogP contribution is 2.18. The number of nitrogens with one attached hydrogen (secondary N) is 1. The first kappa shape index (κ1) is 51.9. The van der Waals surface area contributed by atoms with E-state index in [0.717, 1.165) is 44.9 Å². The van der Waals surface area contributed by atoms with Gasteiger partial charge in [0.1, 0.15) is 6.10 Å². The smallest absolute Gasteiger partial charge is 0.306 e. The van der Waals surface area contributed by atoms with E-state index in [1.165, 1.54) is 173 Å². The molecule has 0 aromatic rings. The van der Waals surface area contributed by atoms with Gasteiger partial charge in [-0.3, -0.25) is 9.59 Å². The minimum atomic E-state index is -0.777. The quantitative estimate of drug-likeness (QED) is 0.0426. The van der Waals surface area contributed by atoms with Crippen LogP contribution in [-0.2, 0) is 14.3 Å². The fourth-order valence-electron chi connectivity index (χ4n) is 7.55. The monoisotopic (exact) mass is 752 g/mol. The second-order valence-corrected chi connectivity index (χ2v) is 16.5. The maximum Gasteiger partial charge on any atom is 0.306 e. The molecule has 0 heterocycles. The van der Waals surface area contributed by atoms with Crippen molar-refractivity contribution in [1.82, 2.24) is 5.32 Å². The Hall–Kier alpha value is -1.14. The molecule has 0 bridgehead atoms. The molecular formula is C47H93NO5. The van der Waals surface area contributed by atoms with Gasteiger partial charge in [0.25, 0.3) is 0 Å². The van der Waals surface area contributed by atoms with E-state index in [1.54, 1.807) is 0 Å². The summed E-state index contributed by atoms with van der Waals surface area (Å²) in [6.45, 7) is 6.48. The molecule has 0 aliphatic heterocycles. The number of carbonyl (C=O) groups is 2. The lowest BCUT2D eigenvalue weighted by Crippen LogP contribution is -2.46. The summed E-state index contributed by atoms with van der Waals surface area (Å²) in [5.74, 6) is -0.458. The Balaban J connectivity index is 4.52. The molecule has 0 aliphatic rings. The van der Waals surface area contributed by atoms with E-state index < -0.39 is 18.2 Å². The Morgan fingerprint density at radius 2 is 0.792 bits per heavy atom. The minimum Gasteiger partial charge on any atom is -0.462 e. The molecule has 0 fully saturated rings. The molecule has 0 radical (unpaired) electrons. The van der Waals surface area contributed by atoms with Crippen molar-refractivity contribution >= 4 is 11.9 Å². The Kier molecular flexibility index (Phi) is 41.1. The predicted molar refractivity (Wildman–Crippen MR) is 227 cm³/mol. The molecule has 6 heteroatoms. The fraction of sp³-hybridized carbons (Fsp3) is 0.957. The van der Waals surface area contributed by atoms with Gasteiger partial charge in [-0.25, -0.2) is 0 Å². The third-order valence-corrected chi connectivity index (χ3v) is 11.2. The first-order valence-electron chi connectivity index (χ1n) is 23.8. The van der Waals surface area contributed by atoms with Crippen molar-refractivity contribution in [2.45, 2.75) is 283 Å². The van der Waals surface area contributed by atoms with Crippen LogP contribution in [0.4, 0.5) is 0 Å². The Labute approximate surface area is 330 Å². The van der Waals surface area contributed by atoms with Crippen LogP contribution in [0.2, 0.25) is 0 Å². The first-order chi connectivity index (χ1) is 26.0. The van der Waals surface area contributed by atoms with Crippen LogP contribution in [0.5, 0.6) is 0 Å². The van der Waals surface area contributed by atoms with E-state index in [-0.39, 0.29) is 24.9 Å². The molecule has 6 nitrogen and oxygen atoms in total. The molecule has 0 aromatic carbocycles. The summed E-state index contributed by atoms with van der Waals surface area (Å²) in [5, 5.41) is 23.7. The molecule has 53 heavy (non-hydrogen) atoms. The second kappa shape index (κ2) is 42.0. The number of carbonyl (C=O) groups excluding carboxylic acids is 2. The molecule has 3 unspecified atom stereocenters. The Bertz CT molecular complexity index is 761. The highest BCUT2D eigenvalue weighted by Gasteiger charge is 2.24. The average Bonchev–Trinajstić information content (AvgIpc) is 3.15. The van der Waals surface area contributed by atoms with Crippen LogP contribution in [0.1, 0.15) is 265 Å². The Morgan fingerprint density at radius 1 is 0.472 bits per heavy atom. The van der Waals surface area contributed by atoms with Gasteiger partial charge in [-0.1, -0.05) is 226 Å². The molecule has 316 valence electrons. The third kappa shape index (κ3) is 37.6. The van der Waals surface area contributed by atoms with E-state index in [2.05, 4.69) is 26.1 Å². The van der Waals surface area contributed by atoms with E-state index in [1.807, 2.05) is 0 Å². The van der Waals surface area contributed by atoms with Crippen LogP contribution in [-0.4, -0.2) is 46.9 Å². The van der Waals surface area contributed by atoms with Crippen LogP contribution in [0, 0.1) is 0 Å². The summed E-state index contributed by atoms with van der Waals surface area (Å²) >= 11 is 0. The zero-order chi connectivity index (χ0) is 38.9. The standard InChI is InChI=1S/C47H93NO5/c1-4-7-10-13-16-19-22-25-27-30-33-36-39-45(50)44(42-49)48-46(51)41-43(38-35-32-29-26-23-20-17-14-11-8-5-2)53-47(52)40-37-34-31-28-24-21-18-15-12-9-6-3/h43-45,49-50H,4-42H2,1-3H3,(H,48,51). The van der Waals surface area contributed by atoms with Gasteiger partial charge in [-0.2, -0.15) is 0 Å². The molecule has 0 saturated heterocycles. The van der Waals surface area contributed by atoms with Crippen molar-refractivity contribution in [3.8, 4) is 0 Å². The number of ether oxygens (including phenoxy) is 1. The SMILES string of the molecule is CCCCCCCCCCCCCCC(O)C(CO)NC(=O)CC(CCCCCCCCCCCCC)OC(=O)CCCCCCCCCCCCC. The summed E-state index contributed by atoms with van der Waals surface area (Å²) in [6.07, 6.45) is 43.0. The lowest BCUT2D eigenvalue weighted by Gasteiger charge is -2.24. The van der Waals surface area contributed by atoms with Crippen LogP contribution < -0.4 is 5.32 Å². The molecule has 3 atom stereocenters. The zero-order valence-corrected chi connectivity index (χ0v) is 35.9.